The Balaban J connectivity index is 2.56. The molecule has 1 unspecified atom stereocenters. The third-order valence-corrected chi connectivity index (χ3v) is 3.81. The van der Waals surface area contributed by atoms with Crippen LogP contribution in [0.15, 0.2) is 0 Å². The van der Waals surface area contributed by atoms with Crippen LogP contribution >= 0.6 is 0 Å². The van der Waals surface area contributed by atoms with Crippen molar-refractivity contribution >= 4 is 18.0 Å². The fourth-order valence-electron chi connectivity index (χ4n) is 2.37. The smallest absolute Gasteiger partial charge is 0.325 e. The van der Waals surface area contributed by atoms with E-state index < -0.39 is 23.4 Å². The zero-order chi connectivity index (χ0) is 15.3. The Bertz CT molecular complexity index is 396. The molecule has 0 aliphatic carbocycles. The zero-order valence-electron chi connectivity index (χ0n) is 12.1. The fraction of sp³-hybridized carbons (Fsp3) is 0.769. The summed E-state index contributed by atoms with van der Waals surface area (Å²) in [5.41, 5.74) is -0.902. The molecule has 0 aromatic heterocycles. The number of esters is 1. The summed E-state index contributed by atoms with van der Waals surface area (Å²) in [4.78, 5) is 35.9. The van der Waals surface area contributed by atoms with Crippen molar-refractivity contribution in [3.05, 3.63) is 0 Å². The first-order chi connectivity index (χ1) is 9.33. The van der Waals surface area contributed by atoms with Crippen LogP contribution in [0.5, 0.6) is 0 Å². The summed E-state index contributed by atoms with van der Waals surface area (Å²) < 4.78 is 4.71. The molecule has 1 aliphatic heterocycles. The molecule has 1 atom stereocenters. The van der Waals surface area contributed by atoms with E-state index in [0.29, 0.717) is 13.0 Å². The van der Waals surface area contributed by atoms with E-state index in [1.54, 1.807) is 6.92 Å². The van der Waals surface area contributed by atoms with Crippen molar-refractivity contribution in [3.63, 3.8) is 0 Å². The molecule has 2 N–H and O–H groups in total. The summed E-state index contributed by atoms with van der Waals surface area (Å²) in [5, 5.41) is 11.8. The number of hydrogen-bond acceptors (Lipinski definition) is 4. The Morgan fingerprint density at radius 1 is 1.40 bits per heavy atom. The Morgan fingerprint density at radius 3 is 2.50 bits per heavy atom. The Labute approximate surface area is 118 Å². The van der Waals surface area contributed by atoms with Gasteiger partial charge in [0.05, 0.1) is 12.0 Å². The summed E-state index contributed by atoms with van der Waals surface area (Å²) >= 11 is 0. The van der Waals surface area contributed by atoms with Crippen molar-refractivity contribution in [1.29, 1.82) is 0 Å². The molecule has 1 rings (SSSR count). The molecular weight excluding hydrogens is 264 g/mol. The van der Waals surface area contributed by atoms with Crippen LogP contribution in [0.3, 0.4) is 0 Å². The molecule has 1 aliphatic rings. The number of ether oxygens (including phenoxy) is 1. The van der Waals surface area contributed by atoms with Gasteiger partial charge in [-0.15, -0.1) is 0 Å². The van der Waals surface area contributed by atoms with Gasteiger partial charge in [0.25, 0.3) is 0 Å². The van der Waals surface area contributed by atoms with Crippen LogP contribution in [0.25, 0.3) is 0 Å². The topological polar surface area (TPSA) is 95.9 Å². The highest BCUT2D eigenvalue weighted by Gasteiger charge is 2.48. The van der Waals surface area contributed by atoms with Crippen molar-refractivity contribution in [3.8, 4) is 0 Å². The minimum Gasteiger partial charge on any atom is -0.481 e. The van der Waals surface area contributed by atoms with E-state index in [1.165, 1.54) is 4.90 Å². The number of carbonyl (C=O) groups is 3. The van der Waals surface area contributed by atoms with E-state index in [9.17, 15) is 19.5 Å². The molecule has 0 bridgehead atoms. The molecule has 1 saturated heterocycles. The molecule has 0 aromatic rings. The fourth-order valence-corrected chi connectivity index (χ4v) is 2.37. The maximum absolute atomic E-state index is 11.9. The van der Waals surface area contributed by atoms with Gasteiger partial charge < -0.3 is 20.1 Å². The second-order valence-electron chi connectivity index (χ2n) is 5.25. The number of aliphatic carboxylic acids is 1. The Kier molecular flexibility index (Phi) is 5.35. The van der Waals surface area contributed by atoms with Gasteiger partial charge in [0, 0.05) is 13.1 Å². The lowest BCUT2D eigenvalue weighted by Gasteiger charge is -2.28. The quantitative estimate of drug-likeness (QED) is 0.725. The third kappa shape index (κ3) is 3.40. The van der Waals surface area contributed by atoms with Crippen LogP contribution in [0.2, 0.25) is 0 Å². The van der Waals surface area contributed by atoms with Gasteiger partial charge in [-0.3, -0.25) is 9.59 Å². The lowest BCUT2D eigenvalue weighted by molar-refractivity contribution is -0.150. The molecule has 0 radical (unpaired) electrons. The van der Waals surface area contributed by atoms with Gasteiger partial charge in [-0.25, -0.2) is 4.79 Å². The minimum absolute atomic E-state index is 0.0668. The van der Waals surface area contributed by atoms with Gasteiger partial charge >= 0.3 is 18.0 Å². The number of carboxylic acids is 1. The lowest BCUT2D eigenvalue weighted by atomic mass is 9.76. The summed E-state index contributed by atoms with van der Waals surface area (Å²) in [7, 11) is 0. The highest BCUT2D eigenvalue weighted by Crippen LogP contribution is 2.38. The number of nitrogens with zero attached hydrogens (tertiary/aromatic N) is 1. The predicted molar refractivity (Wildman–Crippen MR) is 71.1 cm³/mol. The molecular formula is C13H22N2O5. The SMILES string of the molecule is CCOC(=O)CNC(=O)N1CCC(C(=O)O)(C(C)C)C1. The monoisotopic (exact) mass is 286 g/mol. The lowest BCUT2D eigenvalue weighted by Crippen LogP contribution is -2.45. The molecule has 1 fully saturated rings. The maximum atomic E-state index is 11.9. The molecule has 0 spiro atoms. The number of likely N-dealkylation sites (tertiary alicyclic amines) is 1. The van der Waals surface area contributed by atoms with E-state index in [-0.39, 0.29) is 25.6 Å². The molecule has 0 aromatic carbocycles. The highest BCUT2D eigenvalue weighted by atomic mass is 16.5. The zero-order valence-corrected chi connectivity index (χ0v) is 12.1. The van der Waals surface area contributed by atoms with Crippen molar-refractivity contribution in [1.82, 2.24) is 10.2 Å². The van der Waals surface area contributed by atoms with Crippen LogP contribution in [0.1, 0.15) is 27.2 Å². The molecule has 7 heteroatoms. The van der Waals surface area contributed by atoms with E-state index in [4.69, 9.17) is 4.74 Å². The van der Waals surface area contributed by atoms with Gasteiger partial charge in [-0.2, -0.15) is 0 Å². The molecule has 7 nitrogen and oxygen atoms in total. The van der Waals surface area contributed by atoms with Crippen LogP contribution in [-0.4, -0.2) is 54.2 Å². The predicted octanol–water partition coefficient (Wildman–Crippen LogP) is 0.692. The van der Waals surface area contributed by atoms with Crippen molar-refractivity contribution in [2.75, 3.05) is 26.2 Å². The van der Waals surface area contributed by atoms with Gasteiger partial charge in [0.2, 0.25) is 0 Å². The molecule has 20 heavy (non-hydrogen) atoms. The maximum Gasteiger partial charge on any atom is 0.325 e. The van der Waals surface area contributed by atoms with Crippen LogP contribution in [-0.2, 0) is 14.3 Å². The Morgan fingerprint density at radius 2 is 2.05 bits per heavy atom. The number of carboxylic acid groups (broad SMARTS) is 1. The van der Waals surface area contributed by atoms with E-state index >= 15 is 0 Å². The Hall–Kier alpha value is -1.79. The molecule has 2 amide bonds. The van der Waals surface area contributed by atoms with Gasteiger partial charge in [-0.1, -0.05) is 13.8 Å². The largest absolute Gasteiger partial charge is 0.481 e. The first kappa shape index (κ1) is 16.3. The number of nitrogens with one attached hydrogen (secondary N) is 1. The number of carbonyl (C=O) groups excluding carboxylic acids is 2. The number of urea groups is 1. The molecule has 0 saturated carbocycles. The van der Waals surface area contributed by atoms with Gasteiger partial charge in [0.1, 0.15) is 6.54 Å². The molecule has 114 valence electrons. The van der Waals surface area contributed by atoms with Crippen molar-refractivity contribution in [2.45, 2.75) is 27.2 Å². The van der Waals surface area contributed by atoms with E-state index in [0.717, 1.165) is 0 Å². The molecule has 1 heterocycles. The van der Waals surface area contributed by atoms with Crippen LogP contribution < -0.4 is 5.32 Å². The van der Waals surface area contributed by atoms with E-state index in [1.807, 2.05) is 13.8 Å². The standard InChI is InChI=1S/C13H22N2O5/c1-4-20-10(16)7-14-12(19)15-6-5-13(8-15,9(2)3)11(17)18/h9H,4-8H2,1-3H3,(H,14,19)(H,17,18). The summed E-state index contributed by atoms with van der Waals surface area (Å²) in [5.74, 6) is -1.45. The second kappa shape index (κ2) is 6.58. The van der Waals surface area contributed by atoms with Crippen molar-refractivity contribution < 1.29 is 24.2 Å². The third-order valence-electron chi connectivity index (χ3n) is 3.81. The average molecular weight is 286 g/mol. The average Bonchev–Trinajstić information content (AvgIpc) is 2.82. The first-order valence-corrected chi connectivity index (χ1v) is 6.75. The normalized spacial score (nSPS) is 21.9. The first-order valence-electron chi connectivity index (χ1n) is 6.75. The number of hydrogen-bond donors (Lipinski definition) is 2. The highest BCUT2D eigenvalue weighted by molar-refractivity contribution is 5.83. The summed E-state index contributed by atoms with van der Waals surface area (Å²) in [6.07, 6.45) is 0.423. The number of amides is 2. The van der Waals surface area contributed by atoms with Gasteiger partial charge in [0.15, 0.2) is 0 Å². The van der Waals surface area contributed by atoms with E-state index in [2.05, 4.69) is 5.32 Å². The van der Waals surface area contributed by atoms with Gasteiger partial charge in [-0.05, 0) is 19.3 Å². The number of rotatable bonds is 5. The summed E-state index contributed by atoms with van der Waals surface area (Å²) in [6, 6.07) is -0.429. The van der Waals surface area contributed by atoms with Crippen LogP contribution in [0.4, 0.5) is 4.79 Å². The van der Waals surface area contributed by atoms with Crippen molar-refractivity contribution in [2.24, 2.45) is 11.3 Å². The van der Waals surface area contributed by atoms with Crippen LogP contribution in [0, 0.1) is 11.3 Å². The summed E-state index contributed by atoms with van der Waals surface area (Å²) in [6.45, 7) is 5.96. The minimum atomic E-state index is -0.902. The second-order valence-corrected chi connectivity index (χ2v) is 5.25.